The molecule has 0 unspecified atom stereocenters. The number of alkyl halides is 1. The Balaban J connectivity index is 2.82. The molecule has 14 heavy (non-hydrogen) atoms. The normalized spacial score (nSPS) is 11.7. The predicted octanol–water partition coefficient (Wildman–Crippen LogP) is 3.58. The molecule has 0 aromatic heterocycles. The molecule has 0 heterocycles. The quantitative estimate of drug-likeness (QED) is 0.541. The lowest BCUT2D eigenvalue weighted by Crippen LogP contribution is -1.85. The summed E-state index contributed by atoms with van der Waals surface area (Å²) in [6.07, 6.45) is 6.60. The van der Waals surface area contributed by atoms with Crippen LogP contribution in [-0.2, 0) is 5.33 Å². The second-order valence-electron chi connectivity index (χ2n) is 3.89. The van der Waals surface area contributed by atoms with Crippen molar-refractivity contribution in [2.24, 2.45) is 0 Å². The molecule has 0 radical (unpaired) electrons. The van der Waals surface area contributed by atoms with Gasteiger partial charge in [0.15, 0.2) is 0 Å². The average molecular weight is 271 g/mol. The summed E-state index contributed by atoms with van der Waals surface area (Å²) in [5.41, 5.74) is 2.40. The number of rotatable bonds is 1. The molecule has 0 nitrogen and oxygen atoms in total. The van der Waals surface area contributed by atoms with Crippen molar-refractivity contribution in [2.75, 3.05) is 18.8 Å². The minimum absolute atomic E-state index is 0.708. The van der Waals surface area contributed by atoms with Crippen LogP contribution in [0.4, 0.5) is 0 Å². The predicted molar refractivity (Wildman–Crippen MR) is 71.3 cm³/mol. The third-order valence-corrected chi connectivity index (χ3v) is 2.97. The Kier molecular flexibility index (Phi) is 4.10. The van der Waals surface area contributed by atoms with Gasteiger partial charge in [-0.05, 0) is 41.7 Å². The van der Waals surface area contributed by atoms with Crippen LogP contribution < -0.4 is 0 Å². The molecule has 1 aromatic carbocycles. The lowest BCUT2D eigenvalue weighted by molar-refractivity contribution is 1.43. The van der Waals surface area contributed by atoms with Crippen molar-refractivity contribution in [3.05, 3.63) is 35.4 Å². The first-order chi connectivity index (χ1) is 6.51. The van der Waals surface area contributed by atoms with Gasteiger partial charge in [-0.1, -0.05) is 34.0 Å². The summed E-state index contributed by atoms with van der Waals surface area (Å²) in [5, 5.41) is 4.21. The van der Waals surface area contributed by atoms with Gasteiger partial charge < -0.3 is 0 Å². The van der Waals surface area contributed by atoms with Crippen molar-refractivity contribution >= 4 is 26.0 Å². The molecule has 0 aliphatic heterocycles. The van der Waals surface area contributed by atoms with Crippen molar-refractivity contribution in [1.82, 2.24) is 0 Å². The Morgan fingerprint density at radius 1 is 1.14 bits per heavy atom. The molecule has 0 bridgehead atoms. The van der Waals surface area contributed by atoms with E-state index in [-0.39, 0.29) is 0 Å². The molecular formula is C12H15BrS. The third kappa shape index (κ3) is 4.21. The van der Waals surface area contributed by atoms with Crippen molar-refractivity contribution < 1.29 is 0 Å². The molecule has 76 valence electrons. The number of halogens is 1. The van der Waals surface area contributed by atoms with Gasteiger partial charge in [0.2, 0.25) is 0 Å². The van der Waals surface area contributed by atoms with E-state index in [0.717, 1.165) is 10.9 Å². The number of hydrogen-bond donors (Lipinski definition) is 0. The van der Waals surface area contributed by atoms with Crippen LogP contribution in [0.5, 0.6) is 0 Å². The van der Waals surface area contributed by atoms with E-state index in [0.29, 0.717) is 0 Å². The summed E-state index contributed by atoms with van der Waals surface area (Å²) in [6, 6.07) is 8.37. The SMILES string of the molecule is CS(C)(C)C#Cc1ccc(CBr)cc1. The van der Waals surface area contributed by atoms with Crippen molar-refractivity contribution in [3.8, 4) is 11.2 Å². The zero-order valence-electron chi connectivity index (χ0n) is 8.80. The van der Waals surface area contributed by atoms with E-state index in [1.54, 1.807) is 0 Å². The molecule has 0 spiro atoms. The molecule has 0 N–H and O–H groups in total. The molecule has 2 heteroatoms. The molecule has 0 fully saturated rings. The Bertz CT molecular complexity index is 349. The Morgan fingerprint density at radius 2 is 1.71 bits per heavy atom. The summed E-state index contributed by atoms with van der Waals surface area (Å²) in [5.74, 6) is 3.21. The van der Waals surface area contributed by atoms with Crippen molar-refractivity contribution in [2.45, 2.75) is 5.33 Å². The van der Waals surface area contributed by atoms with E-state index in [1.165, 1.54) is 5.56 Å². The number of hydrogen-bond acceptors (Lipinski definition) is 0. The van der Waals surface area contributed by atoms with Crippen LogP contribution in [0.3, 0.4) is 0 Å². The summed E-state index contributed by atoms with van der Waals surface area (Å²) >= 11 is 3.42. The highest BCUT2D eigenvalue weighted by Gasteiger charge is 1.96. The van der Waals surface area contributed by atoms with E-state index >= 15 is 0 Å². The summed E-state index contributed by atoms with van der Waals surface area (Å²) in [4.78, 5) is 0. The zero-order chi connectivity index (χ0) is 10.6. The van der Waals surface area contributed by atoms with Gasteiger partial charge in [0.05, 0.1) is 0 Å². The first-order valence-corrected chi connectivity index (χ1v) is 8.35. The van der Waals surface area contributed by atoms with Gasteiger partial charge in [-0.3, -0.25) is 0 Å². The second kappa shape index (κ2) is 4.91. The van der Waals surface area contributed by atoms with Crippen LogP contribution in [0.25, 0.3) is 0 Å². The first kappa shape index (κ1) is 11.7. The van der Waals surface area contributed by atoms with E-state index in [4.69, 9.17) is 0 Å². The average Bonchev–Trinajstić information content (AvgIpc) is 2.14. The molecule has 0 aliphatic carbocycles. The van der Waals surface area contributed by atoms with Gasteiger partial charge in [0.1, 0.15) is 0 Å². The molecule has 0 aliphatic rings. The molecule has 0 saturated carbocycles. The maximum atomic E-state index is 3.42. The van der Waals surface area contributed by atoms with Crippen LogP contribution in [-0.4, -0.2) is 18.8 Å². The highest BCUT2D eigenvalue weighted by molar-refractivity contribution is 9.08. The minimum atomic E-state index is -0.708. The lowest BCUT2D eigenvalue weighted by atomic mass is 10.2. The van der Waals surface area contributed by atoms with Gasteiger partial charge >= 0.3 is 0 Å². The molecule has 1 rings (SSSR count). The van der Waals surface area contributed by atoms with E-state index < -0.39 is 10.0 Å². The van der Waals surface area contributed by atoms with Gasteiger partial charge in [0, 0.05) is 10.9 Å². The summed E-state index contributed by atoms with van der Waals surface area (Å²) < 4.78 is 0. The standard InChI is InChI=1S/C12H15BrS/c1-14(2,3)9-8-11-4-6-12(10-13)7-5-11/h4-7H,10H2,1-3H3. The van der Waals surface area contributed by atoms with Crippen molar-refractivity contribution in [3.63, 3.8) is 0 Å². The fraction of sp³-hybridized carbons (Fsp3) is 0.333. The second-order valence-corrected chi connectivity index (χ2v) is 8.33. The summed E-state index contributed by atoms with van der Waals surface area (Å²) in [6.45, 7) is 0. The highest BCUT2D eigenvalue weighted by atomic mass is 79.9. The third-order valence-electron chi connectivity index (χ3n) is 1.61. The smallest absolute Gasteiger partial charge is 0.0283 e. The fourth-order valence-electron chi connectivity index (χ4n) is 0.889. The van der Waals surface area contributed by atoms with Crippen LogP contribution in [0.2, 0.25) is 0 Å². The molecule has 0 saturated heterocycles. The number of benzene rings is 1. The fourth-order valence-corrected chi connectivity index (χ4v) is 1.69. The monoisotopic (exact) mass is 270 g/mol. The zero-order valence-corrected chi connectivity index (χ0v) is 11.2. The topological polar surface area (TPSA) is 0 Å². The first-order valence-electron chi connectivity index (χ1n) is 4.37. The minimum Gasteiger partial charge on any atom is -0.186 e. The van der Waals surface area contributed by atoms with Crippen LogP contribution in [0.15, 0.2) is 24.3 Å². The van der Waals surface area contributed by atoms with Crippen LogP contribution in [0, 0.1) is 11.2 Å². The largest absolute Gasteiger partial charge is 0.186 e. The maximum Gasteiger partial charge on any atom is 0.0283 e. The Hall–Kier alpha value is -0.390. The Labute approximate surface area is 96.5 Å². The van der Waals surface area contributed by atoms with Crippen LogP contribution in [0.1, 0.15) is 11.1 Å². The van der Waals surface area contributed by atoms with Gasteiger partial charge in [0.25, 0.3) is 0 Å². The van der Waals surface area contributed by atoms with E-state index in [2.05, 4.69) is 70.1 Å². The molecular weight excluding hydrogens is 256 g/mol. The Morgan fingerprint density at radius 3 is 2.14 bits per heavy atom. The van der Waals surface area contributed by atoms with E-state index in [9.17, 15) is 0 Å². The molecule has 0 atom stereocenters. The van der Waals surface area contributed by atoms with Crippen molar-refractivity contribution in [1.29, 1.82) is 0 Å². The van der Waals surface area contributed by atoms with Gasteiger partial charge in [-0.2, -0.15) is 10.0 Å². The molecule has 1 aromatic rings. The maximum absolute atomic E-state index is 3.42. The van der Waals surface area contributed by atoms with Gasteiger partial charge in [-0.25, -0.2) is 0 Å². The van der Waals surface area contributed by atoms with Crippen LogP contribution >= 0.6 is 26.0 Å². The lowest BCUT2D eigenvalue weighted by Gasteiger charge is -2.14. The summed E-state index contributed by atoms with van der Waals surface area (Å²) in [7, 11) is -0.708. The highest BCUT2D eigenvalue weighted by Crippen LogP contribution is 2.32. The molecule has 0 amide bonds. The van der Waals surface area contributed by atoms with Gasteiger partial charge in [-0.15, -0.1) is 0 Å². The van der Waals surface area contributed by atoms with E-state index in [1.807, 2.05) is 0 Å².